The van der Waals surface area contributed by atoms with Crippen molar-refractivity contribution in [2.24, 2.45) is 0 Å². The Labute approximate surface area is 80.9 Å². The van der Waals surface area contributed by atoms with Crippen molar-refractivity contribution in [1.82, 2.24) is 4.98 Å². The van der Waals surface area contributed by atoms with Gasteiger partial charge in [-0.25, -0.2) is 13.8 Å². The molecule has 2 N–H and O–H groups in total. The predicted molar refractivity (Wildman–Crippen MR) is 46.3 cm³/mol. The van der Waals surface area contributed by atoms with Gasteiger partial charge < -0.3 is 5.73 Å². The molecular formula is C6H4BrClF2N2. The first kappa shape index (κ1) is 9.67. The molecular weight excluding hydrogens is 253 g/mol. The molecule has 0 atom stereocenters. The van der Waals surface area contributed by atoms with E-state index in [1.165, 1.54) is 0 Å². The number of hydrogen-bond acceptors (Lipinski definition) is 2. The van der Waals surface area contributed by atoms with E-state index in [9.17, 15) is 8.78 Å². The van der Waals surface area contributed by atoms with E-state index in [1.54, 1.807) is 0 Å². The largest absolute Gasteiger partial charge is 0.383 e. The summed E-state index contributed by atoms with van der Waals surface area (Å²) in [5.74, 6) is 0.101. The zero-order valence-corrected chi connectivity index (χ0v) is 8.03. The third-order valence-corrected chi connectivity index (χ3v) is 2.16. The predicted octanol–water partition coefficient (Wildman–Crippen LogP) is 3.02. The third-order valence-electron chi connectivity index (χ3n) is 1.22. The second-order valence-electron chi connectivity index (χ2n) is 2.04. The first-order valence-electron chi connectivity index (χ1n) is 2.92. The molecule has 1 heterocycles. The first-order valence-corrected chi connectivity index (χ1v) is 4.09. The number of anilines is 1. The lowest BCUT2D eigenvalue weighted by atomic mass is 10.3. The lowest BCUT2D eigenvalue weighted by Gasteiger charge is -2.04. The summed E-state index contributed by atoms with van der Waals surface area (Å²) in [4.78, 5) is 3.51. The minimum atomic E-state index is -2.64. The molecule has 0 saturated heterocycles. The van der Waals surface area contributed by atoms with E-state index in [1.807, 2.05) is 0 Å². The number of halogens is 4. The van der Waals surface area contributed by atoms with Gasteiger partial charge in [-0.1, -0.05) is 11.6 Å². The Morgan fingerprint density at radius 2 is 2.17 bits per heavy atom. The average Bonchev–Trinajstić information content (AvgIpc) is 1.96. The van der Waals surface area contributed by atoms with Gasteiger partial charge in [0.25, 0.3) is 6.43 Å². The summed E-state index contributed by atoms with van der Waals surface area (Å²) in [6, 6.07) is 1.16. The lowest BCUT2D eigenvalue weighted by Crippen LogP contribution is -1.96. The maximum Gasteiger partial charge on any atom is 0.266 e. The van der Waals surface area contributed by atoms with Gasteiger partial charge in [-0.15, -0.1) is 0 Å². The molecule has 0 fully saturated rings. The molecule has 1 rings (SSSR count). The van der Waals surface area contributed by atoms with Crippen LogP contribution in [0, 0.1) is 0 Å². The van der Waals surface area contributed by atoms with Crippen LogP contribution >= 0.6 is 27.5 Å². The van der Waals surface area contributed by atoms with Crippen molar-refractivity contribution >= 4 is 33.3 Å². The summed E-state index contributed by atoms with van der Waals surface area (Å²) in [5.41, 5.74) is 4.98. The molecule has 1 aromatic rings. The molecule has 66 valence electrons. The van der Waals surface area contributed by atoms with Crippen LogP contribution in [-0.2, 0) is 0 Å². The van der Waals surface area contributed by atoms with Gasteiger partial charge in [0.2, 0.25) is 0 Å². The number of nitrogens with zero attached hydrogens (tertiary/aromatic N) is 1. The van der Waals surface area contributed by atoms with E-state index in [2.05, 4.69) is 20.9 Å². The molecule has 0 radical (unpaired) electrons. The van der Waals surface area contributed by atoms with Gasteiger partial charge >= 0.3 is 0 Å². The van der Waals surface area contributed by atoms with Gasteiger partial charge in [0, 0.05) is 0 Å². The van der Waals surface area contributed by atoms with Gasteiger partial charge in [0.15, 0.2) is 0 Å². The van der Waals surface area contributed by atoms with Crippen LogP contribution in [0.15, 0.2) is 10.5 Å². The number of alkyl halides is 2. The Kier molecular flexibility index (Phi) is 2.85. The molecule has 0 aliphatic rings. The van der Waals surface area contributed by atoms with Crippen molar-refractivity contribution in [3.05, 3.63) is 21.3 Å². The lowest BCUT2D eigenvalue weighted by molar-refractivity contribution is 0.151. The molecule has 0 amide bonds. The molecule has 0 aliphatic heterocycles. The maximum absolute atomic E-state index is 12.2. The molecule has 0 spiro atoms. The van der Waals surface area contributed by atoms with Crippen LogP contribution in [0.4, 0.5) is 14.6 Å². The Morgan fingerprint density at radius 3 is 2.67 bits per heavy atom. The Balaban J connectivity index is 3.23. The van der Waals surface area contributed by atoms with E-state index >= 15 is 0 Å². The highest BCUT2D eigenvalue weighted by atomic mass is 79.9. The Hall–Kier alpha value is -0.420. The number of nitrogen functional groups attached to an aromatic ring is 1. The molecule has 0 bridgehead atoms. The van der Waals surface area contributed by atoms with Crippen LogP contribution in [0.3, 0.4) is 0 Å². The quantitative estimate of drug-likeness (QED) is 0.786. The second kappa shape index (κ2) is 3.53. The fourth-order valence-electron chi connectivity index (χ4n) is 0.647. The van der Waals surface area contributed by atoms with Crippen LogP contribution in [0.1, 0.15) is 12.0 Å². The Morgan fingerprint density at radius 1 is 1.58 bits per heavy atom. The van der Waals surface area contributed by atoms with Crippen molar-refractivity contribution < 1.29 is 8.78 Å². The zero-order valence-electron chi connectivity index (χ0n) is 5.69. The Bertz CT molecular complexity index is 306. The second-order valence-corrected chi connectivity index (χ2v) is 3.25. The van der Waals surface area contributed by atoms with E-state index in [-0.39, 0.29) is 16.5 Å². The number of hydrogen-bond donors (Lipinski definition) is 1. The summed E-state index contributed by atoms with van der Waals surface area (Å²) >= 11 is 8.37. The highest BCUT2D eigenvalue weighted by Gasteiger charge is 2.14. The minimum absolute atomic E-state index is 0.101. The van der Waals surface area contributed by atoms with Crippen molar-refractivity contribution in [3.63, 3.8) is 0 Å². The van der Waals surface area contributed by atoms with E-state index in [0.717, 1.165) is 6.07 Å². The van der Waals surface area contributed by atoms with Gasteiger partial charge in [-0.2, -0.15) is 0 Å². The molecule has 0 aromatic carbocycles. The first-order chi connectivity index (χ1) is 5.52. The molecule has 1 aromatic heterocycles. The third kappa shape index (κ3) is 1.84. The van der Waals surface area contributed by atoms with Crippen LogP contribution in [0.2, 0.25) is 5.15 Å². The number of pyridine rings is 1. The van der Waals surface area contributed by atoms with Crippen LogP contribution in [0.5, 0.6) is 0 Å². The molecule has 0 saturated carbocycles. The average molecular weight is 257 g/mol. The molecule has 12 heavy (non-hydrogen) atoms. The van der Waals surface area contributed by atoms with Crippen molar-refractivity contribution in [1.29, 1.82) is 0 Å². The van der Waals surface area contributed by atoms with Crippen molar-refractivity contribution in [2.45, 2.75) is 6.43 Å². The smallest absolute Gasteiger partial charge is 0.266 e. The number of nitrogens with two attached hydrogens (primary N) is 1. The zero-order chi connectivity index (χ0) is 9.30. The standard InChI is InChI=1S/C6H4BrClF2N2/c7-3-1-2(5(9)10)4(8)12-6(3)11/h1,5H,(H2,11,12). The van der Waals surface area contributed by atoms with E-state index in [4.69, 9.17) is 17.3 Å². The SMILES string of the molecule is Nc1nc(Cl)c(C(F)F)cc1Br. The monoisotopic (exact) mass is 256 g/mol. The van der Waals surface area contributed by atoms with Crippen molar-refractivity contribution in [3.8, 4) is 0 Å². The summed E-state index contributed by atoms with van der Waals surface area (Å²) in [6.07, 6.45) is -2.64. The highest BCUT2D eigenvalue weighted by molar-refractivity contribution is 9.10. The minimum Gasteiger partial charge on any atom is -0.383 e. The summed E-state index contributed by atoms with van der Waals surface area (Å²) in [7, 11) is 0. The van der Waals surface area contributed by atoms with Gasteiger partial charge in [-0.05, 0) is 22.0 Å². The molecule has 6 heteroatoms. The normalized spacial score (nSPS) is 10.8. The molecule has 2 nitrogen and oxygen atoms in total. The number of rotatable bonds is 1. The van der Waals surface area contributed by atoms with Gasteiger partial charge in [0.05, 0.1) is 10.0 Å². The fraction of sp³-hybridized carbons (Fsp3) is 0.167. The van der Waals surface area contributed by atoms with Crippen LogP contribution < -0.4 is 5.73 Å². The number of aromatic nitrogens is 1. The van der Waals surface area contributed by atoms with Crippen LogP contribution in [0.25, 0.3) is 0 Å². The van der Waals surface area contributed by atoms with Crippen LogP contribution in [-0.4, -0.2) is 4.98 Å². The van der Waals surface area contributed by atoms with Crippen molar-refractivity contribution in [2.75, 3.05) is 5.73 Å². The summed E-state index contributed by atoms with van der Waals surface area (Å²) < 4.78 is 24.6. The maximum atomic E-state index is 12.2. The summed E-state index contributed by atoms with van der Waals surface area (Å²) in [6.45, 7) is 0. The molecule has 0 unspecified atom stereocenters. The fourth-order valence-corrected chi connectivity index (χ4v) is 1.21. The van der Waals surface area contributed by atoms with Gasteiger partial charge in [-0.3, -0.25) is 0 Å². The van der Waals surface area contributed by atoms with E-state index in [0.29, 0.717) is 4.47 Å². The summed E-state index contributed by atoms with van der Waals surface area (Å²) in [5, 5.41) is -0.259. The van der Waals surface area contributed by atoms with E-state index < -0.39 is 6.43 Å². The highest BCUT2D eigenvalue weighted by Crippen LogP contribution is 2.30. The topological polar surface area (TPSA) is 38.9 Å². The molecule has 0 aliphatic carbocycles. The van der Waals surface area contributed by atoms with Gasteiger partial charge in [0.1, 0.15) is 11.0 Å².